The summed E-state index contributed by atoms with van der Waals surface area (Å²) in [5.74, 6) is -0.0530. The highest BCUT2D eigenvalue weighted by Gasteiger charge is 2.25. The lowest BCUT2D eigenvalue weighted by atomic mass is 10.2. The van der Waals surface area contributed by atoms with Crippen LogP contribution in [0.4, 0.5) is 4.39 Å². The molecule has 0 saturated heterocycles. The zero-order chi connectivity index (χ0) is 22.1. The smallest absolute Gasteiger partial charge is 0.281 e. The molecule has 1 unspecified atom stereocenters. The molecule has 0 spiro atoms. The van der Waals surface area contributed by atoms with Crippen molar-refractivity contribution in [3.63, 3.8) is 0 Å². The quantitative estimate of drug-likeness (QED) is 0.403. The Morgan fingerprint density at radius 2 is 1.88 bits per heavy atom. The van der Waals surface area contributed by atoms with E-state index in [1.54, 1.807) is 73.1 Å². The van der Waals surface area contributed by atoms with Gasteiger partial charge in [0.25, 0.3) is 5.89 Å². The van der Waals surface area contributed by atoms with Gasteiger partial charge in [0.05, 0.1) is 5.69 Å². The molecule has 8 nitrogen and oxygen atoms in total. The van der Waals surface area contributed by atoms with Gasteiger partial charge >= 0.3 is 0 Å². The maximum Gasteiger partial charge on any atom is 0.281 e. The molecule has 10 heteroatoms. The largest absolute Gasteiger partial charge is 0.332 e. The van der Waals surface area contributed by atoms with Gasteiger partial charge in [0, 0.05) is 33.7 Å². The first-order valence-electron chi connectivity index (χ1n) is 9.52. The normalized spacial score (nSPS) is 12.1. The molecule has 0 bridgehead atoms. The third kappa shape index (κ3) is 3.60. The number of pyridine rings is 1. The summed E-state index contributed by atoms with van der Waals surface area (Å²) >= 11 is 0. The monoisotopic (exact) mass is 446 g/mol. The zero-order valence-electron chi connectivity index (χ0n) is 16.7. The molecule has 0 amide bonds. The van der Waals surface area contributed by atoms with Crippen molar-refractivity contribution in [3.8, 4) is 40.0 Å². The lowest BCUT2D eigenvalue weighted by molar-refractivity contribution is 0.431. The van der Waals surface area contributed by atoms with E-state index in [0.717, 1.165) is 0 Å². The van der Waals surface area contributed by atoms with Crippen LogP contribution in [0, 0.1) is 5.82 Å². The van der Waals surface area contributed by atoms with Gasteiger partial charge in [-0.1, -0.05) is 40.7 Å². The molecular formula is C22H15FN6O2S. The van der Waals surface area contributed by atoms with Crippen molar-refractivity contribution in [2.75, 3.05) is 6.26 Å². The maximum atomic E-state index is 14.5. The number of halogens is 1. The van der Waals surface area contributed by atoms with Crippen LogP contribution in [0.25, 0.3) is 40.0 Å². The van der Waals surface area contributed by atoms with Crippen molar-refractivity contribution in [3.05, 3.63) is 78.7 Å². The van der Waals surface area contributed by atoms with Gasteiger partial charge in [0.1, 0.15) is 17.2 Å². The van der Waals surface area contributed by atoms with Crippen LogP contribution < -0.4 is 0 Å². The molecule has 5 rings (SSSR count). The molecule has 158 valence electrons. The molecule has 3 aromatic heterocycles. The van der Waals surface area contributed by atoms with E-state index in [1.807, 2.05) is 0 Å². The molecule has 0 aliphatic rings. The Labute approximate surface area is 184 Å². The van der Waals surface area contributed by atoms with E-state index in [4.69, 9.17) is 4.52 Å². The molecule has 0 saturated carbocycles. The van der Waals surface area contributed by atoms with Crippen molar-refractivity contribution >= 4 is 10.8 Å². The van der Waals surface area contributed by atoms with Crippen LogP contribution in [0.3, 0.4) is 0 Å². The molecular weight excluding hydrogens is 431 g/mol. The fraction of sp³-hybridized carbons (Fsp3) is 0.0455. The molecule has 32 heavy (non-hydrogen) atoms. The van der Waals surface area contributed by atoms with Gasteiger partial charge < -0.3 is 4.52 Å². The summed E-state index contributed by atoms with van der Waals surface area (Å²) < 4.78 is 33.2. The molecule has 0 aliphatic heterocycles. The number of para-hydroxylation sites is 1. The maximum absolute atomic E-state index is 14.5. The summed E-state index contributed by atoms with van der Waals surface area (Å²) in [4.78, 5) is 9.47. The first-order chi connectivity index (χ1) is 15.6. The van der Waals surface area contributed by atoms with Crippen LogP contribution in [0.15, 0.2) is 82.3 Å². The van der Waals surface area contributed by atoms with Crippen LogP contribution in [0.2, 0.25) is 0 Å². The number of aromatic nitrogens is 6. The Balaban J connectivity index is 1.65. The zero-order valence-corrected chi connectivity index (χ0v) is 17.5. The fourth-order valence-electron chi connectivity index (χ4n) is 3.20. The third-order valence-electron chi connectivity index (χ3n) is 4.71. The second-order valence-corrected chi connectivity index (χ2v) is 8.15. The van der Waals surface area contributed by atoms with Crippen LogP contribution in [-0.2, 0) is 10.8 Å². The Kier molecular flexibility index (Phi) is 5.12. The Bertz CT molecular complexity index is 1430. The van der Waals surface area contributed by atoms with Crippen molar-refractivity contribution in [1.29, 1.82) is 0 Å². The molecule has 1 atom stereocenters. The lowest BCUT2D eigenvalue weighted by Crippen LogP contribution is -2.03. The van der Waals surface area contributed by atoms with E-state index in [9.17, 15) is 8.60 Å². The summed E-state index contributed by atoms with van der Waals surface area (Å²) in [6, 6.07) is 18.6. The molecule has 0 aliphatic carbocycles. The number of benzene rings is 2. The van der Waals surface area contributed by atoms with E-state index in [0.29, 0.717) is 27.7 Å². The van der Waals surface area contributed by atoms with Crippen LogP contribution in [0.5, 0.6) is 0 Å². The minimum absolute atomic E-state index is 0.103. The van der Waals surface area contributed by atoms with Crippen molar-refractivity contribution < 1.29 is 13.1 Å². The first kappa shape index (κ1) is 19.9. The second-order valence-electron chi connectivity index (χ2n) is 6.77. The minimum atomic E-state index is -1.15. The number of hydrogen-bond acceptors (Lipinski definition) is 7. The van der Waals surface area contributed by atoms with Gasteiger partial charge in [0.15, 0.2) is 5.69 Å². The minimum Gasteiger partial charge on any atom is -0.332 e. The highest BCUT2D eigenvalue weighted by atomic mass is 32.2. The summed E-state index contributed by atoms with van der Waals surface area (Å²) in [6.45, 7) is 0. The van der Waals surface area contributed by atoms with Gasteiger partial charge in [-0.25, -0.2) is 9.07 Å². The summed E-state index contributed by atoms with van der Waals surface area (Å²) in [5.41, 5.74) is 2.05. The average Bonchev–Trinajstić information content (AvgIpc) is 3.47. The van der Waals surface area contributed by atoms with Gasteiger partial charge in [-0.2, -0.15) is 4.98 Å². The Morgan fingerprint density at radius 3 is 2.66 bits per heavy atom. The van der Waals surface area contributed by atoms with Crippen LogP contribution >= 0.6 is 0 Å². The molecule has 5 aromatic rings. The first-order valence-corrected chi connectivity index (χ1v) is 11.1. The predicted octanol–water partition coefficient (Wildman–Crippen LogP) is 3.92. The topological polar surface area (TPSA) is 99.6 Å². The van der Waals surface area contributed by atoms with Crippen LogP contribution in [-0.4, -0.2) is 40.6 Å². The van der Waals surface area contributed by atoms with E-state index >= 15 is 0 Å². The van der Waals surface area contributed by atoms with E-state index in [2.05, 4.69) is 25.4 Å². The van der Waals surface area contributed by atoms with Crippen LogP contribution in [0.1, 0.15) is 0 Å². The molecule has 3 heterocycles. The Morgan fingerprint density at radius 1 is 1.03 bits per heavy atom. The molecule has 2 aromatic carbocycles. The number of nitrogens with zero attached hydrogens (tertiary/aromatic N) is 6. The Hall–Kier alpha value is -4.05. The highest BCUT2D eigenvalue weighted by molar-refractivity contribution is 7.84. The summed E-state index contributed by atoms with van der Waals surface area (Å²) in [7, 11) is -1.15. The molecule has 0 fully saturated rings. The average molecular weight is 446 g/mol. The van der Waals surface area contributed by atoms with E-state index < -0.39 is 16.6 Å². The van der Waals surface area contributed by atoms with Crippen molar-refractivity contribution in [2.45, 2.75) is 4.90 Å². The SMILES string of the molecule is CS(=O)c1cccc(-c2noc(-c3nnn(-c4ccccc4F)c3-c3ccccn3)n2)c1. The number of rotatable bonds is 5. The highest BCUT2D eigenvalue weighted by Crippen LogP contribution is 2.32. The lowest BCUT2D eigenvalue weighted by Gasteiger charge is -2.07. The van der Waals surface area contributed by atoms with Gasteiger partial charge in [-0.15, -0.1) is 5.10 Å². The van der Waals surface area contributed by atoms with Gasteiger partial charge in [-0.05, 0) is 36.4 Å². The van der Waals surface area contributed by atoms with E-state index in [-0.39, 0.29) is 17.3 Å². The molecule has 0 N–H and O–H groups in total. The van der Waals surface area contributed by atoms with Gasteiger partial charge in [-0.3, -0.25) is 9.19 Å². The molecule has 0 radical (unpaired) electrons. The standard InChI is InChI=1S/C22H15FN6O2S/c1-32(30)15-8-6-7-14(13-15)21-25-22(31-27-21)19-20(17-10-4-5-12-24-17)29(28-26-19)18-11-3-2-9-16(18)23/h2-13H,1H3. The second kappa shape index (κ2) is 8.23. The predicted molar refractivity (Wildman–Crippen MR) is 116 cm³/mol. The van der Waals surface area contributed by atoms with Crippen molar-refractivity contribution in [2.24, 2.45) is 0 Å². The number of hydrogen-bond donors (Lipinski definition) is 0. The fourth-order valence-corrected chi connectivity index (χ4v) is 3.76. The summed E-state index contributed by atoms with van der Waals surface area (Å²) in [5, 5.41) is 12.4. The summed E-state index contributed by atoms with van der Waals surface area (Å²) in [6.07, 6.45) is 3.22. The van der Waals surface area contributed by atoms with Crippen molar-refractivity contribution in [1.82, 2.24) is 30.1 Å². The van der Waals surface area contributed by atoms with Gasteiger partial charge in [0.2, 0.25) is 5.82 Å². The third-order valence-corrected chi connectivity index (χ3v) is 5.63. The van der Waals surface area contributed by atoms with E-state index in [1.165, 1.54) is 10.7 Å².